The van der Waals surface area contributed by atoms with Gasteiger partial charge in [0.15, 0.2) is 0 Å². The molecule has 2 fully saturated rings. The molecule has 1 aliphatic carbocycles. The van der Waals surface area contributed by atoms with Gasteiger partial charge in [0.1, 0.15) is 5.41 Å². The van der Waals surface area contributed by atoms with Crippen LogP contribution in [0.25, 0.3) is 0 Å². The number of hydrogen-bond donors (Lipinski definition) is 1. The molecule has 1 N–H and O–H groups in total. The highest BCUT2D eigenvalue weighted by Gasteiger charge is 2.57. The van der Waals surface area contributed by atoms with Crippen molar-refractivity contribution in [2.24, 2.45) is 5.41 Å². The third kappa shape index (κ3) is 1.81. The summed E-state index contributed by atoms with van der Waals surface area (Å²) < 4.78 is 0. The number of amides is 4. The monoisotopic (exact) mass is 292 g/mol. The topological polar surface area (TPSA) is 66.5 Å². The molecule has 104 valence electrons. The number of benzene rings is 1. The molecule has 1 aromatic carbocycles. The second-order valence-corrected chi connectivity index (χ2v) is 5.58. The average molecular weight is 293 g/mol. The number of carbonyl (C=O) groups excluding carboxylic acids is 3. The lowest BCUT2D eigenvalue weighted by Crippen LogP contribution is -2.65. The first-order valence-electron chi connectivity index (χ1n) is 6.45. The molecule has 20 heavy (non-hydrogen) atoms. The maximum absolute atomic E-state index is 12.5. The molecular weight excluding hydrogens is 280 g/mol. The van der Waals surface area contributed by atoms with Crippen molar-refractivity contribution in [3.63, 3.8) is 0 Å². The number of nitrogens with one attached hydrogen (secondary N) is 1. The summed E-state index contributed by atoms with van der Waals surface area (Å²) in [6.45, 7) is 0.0827. The molecule has 0 atom stereocenters. The van der Waals surface area contributed by atoms with Gasteiger partial charge in [0, 0.05) is 5.02 Å². The molecule has 1 saturated heterocycles. The van der Waals surface area contributed by atoms with E-state index in [1.807, 2.05) is 0 Å². The van der Waals surface area contributed by atoms with Gasteiger partial charge in [0.2, 0.25) is 11.8 Å². The molecule has 1 saturated carbocycles. The van der Waals surface area contributed by atoms with E-state index < -0.39 is 23.3 Å². The van der Waals surface area contributed by atoms with Crippen molar-refractivity contribution in [1.82, 2.24) is 10.2 Å². The second kappa shape index (κ2) is 4.59. The van der Waals surface area contributed by atoms with Crippen LogP contribution in [0.4, 0.5) is 4.79 Å². The summed E-state index contributed by atoms with van der Waals surface area (Å²) in [5.74, 6) is -0.869. The van der Waals surface area contributed by atoms with Crippen LogP contribution in [-0.2, 0) is 16.1 Å². The summed E-state index contributed by atoms with van der Waals surface area (Å²) in [5, 5.41) is 2.77. The highest BCUT2D eigenvalue weighted by atomic mass is 35.5. The Hall–Kier alpha value is -1.88. The lowest BCUT2D eigenvalue weighted by atomic mass is 9.66. The lowest BCUT2D eigenvalue weighted by Gasteiger charge is -2.44. The highest BCUT2D eigenvalue weighted by Crippen LogP contribution is 2.44. The molecule has 0 aromatic heterocycles. The van der Waals surface area contributed by atoms with E-state index in [1.54, 1.807) is 24.3 Å². The molecule has 0 radical (unpaired) electrons. The summed E-state index contributed by atoms with van der Waals surface area (Å²) >= 11 is 6.05. The van der Waals surface area contributed by atoms with Crippen LogP contribution in [0.2, 0.25) is 5.02 Å². The summed E-state index contributed by atoms with van der Waals surface area (Å²) in [7, 11) is 0. The molecule has 1 aromatic rings. The Kier molecular flexibility index (Phi) is 3.01. The molecule has 1 aliphatic heterocycles. The van der Waals surface area contributed by atoms with E-state index in [4.69, 9.17) is 11.6 Å². The SMILES string of the molecule is O=C1NC(=O)C2(CCC2)C(=O)N1Cc1ccccc1Cl. The maximum atomic E-state index is 12.5. The number of halogens is 1. The van der Waals surface area contributed by atoms with Crippen molar-refractivity contribution in [1.29, 1.82) is 0 Å². The summed E-state index contributed by atoms with van der Waals surface area (Å²) in [4.78, 5) is 37.3. The molecule has 2 aliphatic rings. The van der Waals surface area contributed by atoms with Crippen LogP contribution in [0.1, 0.15) is 24.8 Å². The number of urea groups is 1. The molecule has 0 unspecified atom stereocenters. The Labute approximate surface area is 120 Å². The predicted molar refractivity (Wildman–Crippen MR) is 71.8 cm³/mol. The largest absolute Gasteiger partial charge is 0.331 e. The Bertz CT molecular complexity index is 610. The van der Waals surface area contributed by atoms with E-state index in [2.05, 4.69) is 5.32 Å². The van der Waals surface area contributed by atoms with Gasteiger partial charge in [-0.3, -0.25) is 19.8 Å². The Balaban J connectivity index is 1.89. The Morgan fingerprint density at radius 3 is 2.50 bits per heavy atom. The van der Waals surface area contributed by atoms with Crippen molar-refractivity contribution in [2.75, 3.05) is 0 Å². The van der Waals surface area contributed by atoms with E-state index in [0.29, 0.717) is 23.4 Å². The first-order chi connectivity index (χ1) is 9.54. The van der Waals surface area contributed by atoms with Gasteiger partial charge in [-0.25, -0.2) is 4.79 Å². The molecule has 1 spiro atoms. The fourth-order valence-corrected chi connectivity index (χ4v) is 2.84. The number of nitrogens with zero attached hydrogens (tertiary/aromatic N) is 1. The van der Waals surface area contributed by atoms with Gasteiger partial charge in [-0.2, -0.15) is 0 Å². The molecule has 5 nitrogen and oxygen atoms in total. The first-order valence-corrected chi connectivity index (χ1v) is 6.83. The van der Waals surface area contributed by atoms with Gasteiger partial charge in [0.05, 0.1) is 6.54 Å². The van der Waals surface area contributed by atoms with Crippen LogP contribution in [0, 0.1) is 5.41 Å². The van der Waals surface area contributed by atoms with Gasteiger partial charge in [-0.1, -0.05) is 36.2 Å². The molecular formula is C14H13ClN2O3. The van der Waals surface area contributed by atoms with Crippen molar-refractivity contribution in [2.45, 2.75) is 25.8 Å². The van der Waals surface area contributed by atoms with Gasteiger partial charge < -0.3 is 0 Å². The Morgan fingerprint density at radius 2 is 1.90 bits per heavy atom. The van der Waals surface area contributed by atoms with Crippen LogP contribution in [0.15, 0.2) is 24.3 Å². The number of rotatable bonds is 2. The standard InChI is InChI=1S/C14H13ClN2O3/c15-10-5-2-1-4-9(10)8-17-12(19)14(6-3-7-14)11(18)16-13(17)20/h1-2,4-5H,3,6-8H2,(H,16,18,20). The highest BCUT2D eigenvalue weighted by molar-refractivity contribution is 6.31. The van der Waals surface area contributed by atoms with Crippen molar-refractivity contribution in [3.05, 3.63) is 34.9 Å². The van der Waals surface area contributed by atoms with E-state index in [0.717, 1.165) is 11.3 Å². The zero-order valence-corrected chi connectivity index (χ0v) is 11.4. The zero-order chi connectivity index (χ0) is 14.3. The minimum Gasteiger partial charge on any atom is -0.277 e. The number of barbiturate groups is 1. The summed E-state index contributed by atoms with van der Waals surface area (Å²) in [6.07, 6.45) is 1.83. The molecule has 0 bridgehead atoms. The van der Waals surface area contributed by atoms with Crippen LogP contribution in [0.3, 0.4) is 0 Å². The van der Waals surface area contributed by atoms with Crippen molar-refractivity contribution < 1.29 is 14.4 Å². The fourth-order valence-electron chi connectivity index (χ4n) is 2.64. The van der Waals surface area contributed by atoms with Crippen LogP contribution in [-0.4, -0.2) is 22.7 Å². The van der Waals surface area contributed by atoms with E-state index in [-0.39, 0.29) is 6.54 Å². The number of hydrogen-bond acceptors (Lipinski definition) is 3. The van der Waals surface area contributed by atoms with E-state index in [9.17, 15) is 14.4 Å². The van der Waals surface area contributed by atoms with Crippen LogP contribution in [0.5, 0.6) is 0 Å². The molecule has 1 heterocycles. The third-order valence-corrected chi connectivity index (χ3v) is 4.42. The Morgan fingerprint density at radius 1 is 1.20 bits per heavy atom. The first kappa shape index (κ1) is 13.1. The number of imide groups is 2. The fraction of sp³-hybridized carbons (Fsp3) is 0.357. The lowest BCUT2D eigenvalue weighted by molar-refractivity contribution is -0.158. The van der Waals surface area contributed by atoms with Crippen molar-refractivity contribution in [3.8, 4) is 0 Å². The average Bonchev–Trinajstić information content (AvgIpc) is 2.34. The van der Waals surface area contributed by atoms with E-state index >= 15 is 0 Å². The minimum absolute atomic E-state index is 0.0827. The van der Waals surface area contributed by atoms with Crippen LogP contribution >= 0.6 is 11.6 Å². The van der Waals surface area contributed by atoms with Crippen LogP contribution < -0.4 is 5.32 Å². The van der Waals surface area contributed by atoms with Gasteiger partial charge in [-0.05, 0) is 24.5 Å². The smallest absolute Gasteiger partial charge is 0.277 e. The third-order valence-electron chi connectivity index (χ3n) is 4.05. The van der Waals surface area contributed by atoms with Gasteiger partial charge in [0.25, 0.3) is 0 Å². The maximum Gasteiger partial charge on any atom is 0.331 e. The summed E-state index contributed by atoms with van der Waals surface area (Å²) in [6, 6.07) is 6.36. The molecule has 6 heteroatoms. The minimum atomic E-state index is -1.03. The van der Waals surface area contributed by atoms with Gasteiger partial charge in [-0.15, -0.1) is 0 Å². The van der Waals surface area contributed by atoms with Crippen molar-refractivity contribution >= 4 is 29.4 Å². The summed E-state index contributed by atoms with van der Waals surface area (Å²) in [5.41, 5.74) is -0.351. The quantitative estimate of drug-likeness (QED) is 0.849. The van der Waals surface area contributed by atoms with Gasteiger partial charge >= 0.3 is 6.03 Å². The van der Waals surface area contributed by atoms with E-state index in [1.165, 1.54) is 0 Å². The molecule has 3 rings (SSSR count). The predicted octanol–water partition coefficient (Wildman–Crippen LogP) is 2.09. The number of carbonyl (C=O) groups is 3. The normalized spacial score (nSPS) is 20.9. The second-order valence-electron chi connectivity index (χ2n) is 5.18. The zero-order valence-electron chi connectivity index (χ0n) is 10.7. The molecule has 4 amide bonds.